The molecule has 0 saturated carbocycles. The van der Waals surface area contributed by atoms with Gasteiger partial charge in [0, 0.05) is 24.7 Å². The lowest BCUT2D eigenvalue weighted by Crippen LogP contribution is -2.54. The van der Waals surface area contributed by atoms with Gasteiger partial charge in [0.25, 0.3) is 0 Å². The molecule has 0 spiro atoms. The second-order valence-electron chi connectivity index (χ2n) is 5.96. The zero-order chi connectivity index (χ0) is 15.6. The molecule has 1 aliphatic rings. The summed E-state index contributed by atoms with van der Waals surface area (Å²) >= 11 is 0. The minimum atomic E-state index is -0.801. The van der Waals surface area contributed by atoms with Crippen molar-refractivity contribution in [1.29, 1.82) is 0 Å². The van der Waals surface area contributed by atoms with Crippen LogP contribution in [-0.4, -0.2) is 35.1 Å². The molecule has 114 valence electrons. The maximum atomic E-state index is 12.2. The van der Waals surface area contributed by atoms with Crippen molar-refractivity contribution in [3.05, 3.63) is 29.8 Å². The third kappa shape index (κ3) is 3.35. The standard InChI is InChI=1S/C16H22N2O3/c1-10(2)13-6-4-5-7-14(13)17-16(21)18-8-12(9-18)11(3)15(19)20/h4-7,10-12H,8-9H2,1-3H3,(H,17,21)(H,19,20). The van der Waals surface area contributed by atoms with E-state index >= 15 is 0 Å². The molecular weight excluding hydrogens is 268 g/mol. The molecule has 1 fully saturated rings. The predicted molar refractivity (Wildman–Crippen MR) is 81.4 cm³/mol. The van der Waals surface area contributed by atoms with Crippen molar-refractivity contribution >= 4 is 17.7 Å². The monoisotopic (exact) mass is 290 g/mol. The number of amides is 2. The topological polar surface area (TPSA) is 69.6 Å². The highest BCUT2D eigenvalue weighted by Crippen LogP contribution is 2.27. The van der Waals surface area contributed by atoms with Crippen LogP contribution in [0.3, 0.4) is 0 Å². The van der Waals surface area contributed by atoms with Crippen LogP contribution in [0.15, 0.2) is 24.3 Å². The molecular formula is C16H22N2O3. The van der Waals surface area contributed by atoms with E-state index in [-0.39, 0.29) is 11.9 Å². The predicted octanol–water partition coefficient (Wildman–Crippen LogP) is 2.99. The molecule has 2 amide bonds. The Morgan fingerprint density at radius 2 is 1.86 bits per heavy atom. The lowest BCUT2D eigenvalue weighted by molar-refractivity contribution is -0.144. The molecule has 1 saturated heterocycles. The van der Waals surface area contributed by atoms with Gasteiger partial charge in [-0.3, -0.25) is 4.79 Å². The van der Waals surface area contributed by atoms with Gasteiger partial charge in [0.1, 0.15) is 0 Å². The molecule has 21 heavy (non-hydrogen) atoms. The van der Waals surface area contributed by atoms with Gasteiger partial charge >= 0.3 is 12.0 Å². The maximum absolute atomic E-state index is 12.2. The quantitative estimate of drug-likeness (QED) is 0.895. The molecule has 1 atom stereocenters. The van der Waals surface area contributed by atoms with Crippen molar-refractivity contribution in [2.75, 3.05) is 18.4 Å². The highest BCUT2D eigenvalue weighted by molar-refractivity contribution is 5.91. The minimum absolute atomic E-state index is 0.0496. The fourth-order valence-corrected chi connectivity index (χ4v) is 2.50. The Morgan fingerprint density at radius 3 is 2.43 bits per heavy atom. The van der Waals surface area contributed by atoms with Crippen LogP contribution in [0.5, 0.6) is 0 Å². The number of urea groups is 1. The number of nitrogens with zero attached hydrogens (tertiary/aromatic N) is 1. The number of carboxylic acid groups (broad SMARTS) is 1. The van der Waals surface area contributed by atoms with E-state index in [0.29, 0.717) is 19.0 Å². The molecule has 0 aliphatic carbocycles. The Balaban J connectivity index is 1.94. The number of carbonyl (C=O) groups excluding carboxylic acids is 1. The summed E-state index contributed by atoms with van der Waals surface area (Å²) in [4.78, 5) is 24.7. The molecule has 0 radical (unpaired) electrons. The van der Waals surface area contributed by atoms with Crippen molar-refractivity contribution in [3.63, 3.8) is 0 Å². The number of hydrogen-bond donors (Lipinski definition) is 2. The van der Waals surface area contributed by atoms with Crippen LogP contribution < -0.4 is 5.32 Å². The van der Waals surface area contributed by atoms with E-state index < -0.39 is 11.9 Å². The van der Waals surface area contributed by atoms with E-state index in [2.05, 4.69) is 19.2 Å². The Hall–Kier alpha value is -2.04. The van der Waals surface area contributed by atoms with Gasteiger partial charge in [0.2, 0.25) is 0 Å². The van der Waals surface area contributed by atoms with Crippen LogP contribution in [-0.2, 0) is 4.79 Å². The Labute approximate surface area is 125 Å². The first-order valence-corrected chi connectivity index (χ1v) is 7.27. The van der Waals surface area contributed by atoms with Gasteiger partial charge in [-0.1, -0.05) is 39.0 Å². The highest BCUT2D eigenvalue weighted by atomic mass is 16.4. The SMILES string of the molecule is CC(C)c1ccccc1NC(=O)N1CC(C(C)C(=O)O)C1. The van der Waals surface area contributed by atoms with Crippen molar-refractivity contribution in [3.8, 4) is 0 Å². The van der Waals surface area contributed by atoms with Gasteiger partial charge in [0.15, 0.2) is 0 Å². The fourth-order valence-electron chi connectivity index (χ4n) is 2.50. The summed E-state index contributed by atoms with van der Waals surface area (Å²) in [6, 6.07) is 7.60. The summed E-state index contributed by atoms with van der Waals surface area (Å²) < 4.78 is 0. The summed E-state index contributed by atoms with van der Waals surface area (Å²) in [5.74, 6) is -0.825. The number of hydrogen-bond acceptors (Lipinski definition) is 2. The third-order valence-electron chi connectivity index (χ3n) is 4.12. The lowest BCUT2D eigenvalue weighted by atomic mass is 9.87. The maximum Gasteiger partial charge on any atom is 0.321 e. The Kier molecular flexibility index (Phi) is 4.50. The molecule has 2 N–H and O–H groups in total. The first kappa shape index (κ1) is 15.4. The van der Waals surface area contributed by atoms with Gasteiger partial charge in [-0.15, -0.1) is 0 Å². The second-order valence-corrected chi connectivity index (χ2v) is 5.96. The summed E-state index contributed by atoms with van der Waals surface area (Å²) in [5, 5.41) is 11.9. The number of para-hydroxylation sites is 1. The zero-order valence-electron chi connectivity index (χ0n) is 12.7. The first-order chi connectivity index (χ1) is 9.90. The van der Waals surface area contributed by atoms with Gasteiger partial charge in [0.05, 0.1) is 5.92 Å². The minimum Gasteiger partial charge on any atom is -0.481 e. The summed E-state index contributed by atoms with van der Waals surface area (Å²) in [6.45, 7) is 6.86. The molecule has 2 rings (SSSR count). The van der Waals surface area contributed by atoms with Crippen molar-refractivity contribution in [2.45, 2.75) is 26.7 Å². The van der Waals surface area contributed by atoms with Crippen LogP contribution in [0.4, 0.5) is 10.5 Å². The van der Waals surface area contributed by atoms with Crippen molar-refractivity contribution in [2.24, 2.45) is 11.8 Å². The fraction of sp³-hybridized carbons (Fsp3) is 0.500. The van der Waals surface area contributed by atoms with E-state index in [1.807, 2.05) is 24.3 Å². The second kappa shape index (κ2) is 6.16. The lowest BCUT2D eigenvalue weighted by Gasteiger charge is -2.41. The molecule has 0 aromatic heterocycles. The van der Waals surface area contributed by atoms with E-state index in [4.69, 9.17) is 5.11 Å². The molecule has 5 nitrogen and oxygen atoms in total. The van der Waals surface area contributed by atoms with E-state index in [1.165, 1.54) is 0 Å². The van der Waals surface area contributed by atoms with Crippen LogP contribution in [0.2, 0.25) is 0 Å². The molecule has 0 bridgehead atoms. The molecule has 1 aromatic carbocycles. The smallest absolute Gasteiger partial charge is 0.321 e. The Bertz CT molecular complexity index is 536. The van der Waals surface area contributed by atoms with Gasteiger partial charge in [-0.2, -0.15) is 0 Å². The summed E-state index contributed by atoms with van der Waals surface area (Å²) in [5.41, 5.74) is 1.93. The van der Waals surface area contributed by atoms with Gasteiger partial charge < -0.3 is 15.3 Å². The van der Waals surface area contributed by atoms with Crippen molar-refractivity contribution < 1.29 is 14.7 Å². The average molecular weight is 290 g/mol. The summed E-state index contributed by atoms with van der Waals surface area (Å²) in [6.07, 6.45) is 0. The third-order valence-corrected chi connectivity index (χ3v) is 4.12. The van der Waals surface area contributed by atoms with E-state index in [1.54, 1.807) is 11.8 Å². The molecule has 1 heterocycles. The first-order valence-electron chi connectivity index (χ1n) is 7.27. The molecule has 1 unspecified atom stereocenters. The molecule has 1 aromatic rings. The van der Waals surface area contributed by atoms with Gasteiger partial charge in [-0.25, -0.2) is 4.79 Å². The van der Waals surface area contributed by atoms with E-state index in [0.717, 1.165) is 11.3 Å². The van der Waals surface area contributed by atoms with Gasteiger partial charge in [-0.05, 0) is 17.5 Å². The number of carboxylic acids is 1. The number of benzene rings is 1. The number of nitrogens with one attached hydrogen (secondary N) is 1. The Morgan fingerprint density at radius 1 is 1.24 bits per heavy atom. The number of anilines is 1. The molecule has 5 heteroatoms. The number of carbonyl (C=O) groups is 2. The van der Waals surface area contributed by atoms with Crippen molar-refractivity contribution in [1.82, 2.24) is 4.90 Å². The largest absolute Gasteiger partial charge is 0.481 e. The van der Waals surface area contributed by atoms with Crippen LogP contribution in [0.1, 0.15) is 32.3 Å². The average Bonchev–Trinajstić information content (AvgIpc) is 2.36. The zero-order valence-corrected chi connectivity index (χ0v) is 12.7. The normalized spacial score (nSPS) is 16.5. The van der Waals surface area contributed by atoms with Crippen LogP contribution in [0, 0.1) is 11.8 Å². The van der Waals surface area contributed by atoms with E-state index in [9.17, 15) is 9.59 Å². The number of aliphatic carboxylic acids is 1. The highest BCUT2D eigenvalue weighted by Gasteiger charge is 2.37. The van der Waals surface area contributed by atoms with Crippen LogP contribution in [0.25, 0.3) is 0 Å². The number of rotatable bonds is 4. The molecule has 1 aliphatic heterocycles. The van der Waals surface area contributed by atoms with Crippen LogP contribution >= 0.6 is 0 Å². The summed E-state index contributed by atoms with van der Waals surface area (Å²) in [7, 11) is 0. The number of likely N-dealkylation sites (tertiary alicyclic amines) is 1.